The van der Waals surface area contributed by atoms with Gasteiger partial charge in [0.05, 0.1) is 11.7 Å². The van der Waals surface area contributed by atoms with E-state index in [-0.39, 0.29) is 0 Å². The monoisotopic (exact) mass is 196 g/mol. The smallest absolute Gasteiger partial charge is 0.0575 e. The third kappa shape index (κ3) is 3.01. The number of nitrogens with zero attached hydrogens (tertiary/aromatic N) is 2. The highest BCUT2D eigenvalue weighted by Crippen LogP contribution is 2.19. The Labute approximate surface area is 85.4 Å². The predicted molar refractivity (Wildman–Crippen MR) is 59.1 cm³/mol. The van der Waals surface area contributed by atoms with Crippen LogP contribution in [0.25, 0.3) is 0 Å². The van der Waals surface area contributed by atoms with Gasteiger partial charge < -0.3 is 4.90 Å². The van der Waals surface area contributed by atoms with Gasteiger partial charge in [-0.25, -0.2) is 0 Å². The lowest BCUT2D eigenvalue weighted by atomic mass is 10.1. The highest BCUT2D eigenvalue weighted by molar-refractivity contribution is 7.80. The Morgan fingerprint density at radius 3 is 2.69 bits per heavy atom. The molecule has 1 rings (SSSR count). The van der Waals surface area contributed by atoms with E-state index in [0.29, 0.717) is 6.04 Å². The summed E-state index contributed by atoms with van der Waals surface area (Å²) in [5, 5.41) is 0. The zero-order valence-electron chi connectivity index (χ0n) is 8.14. The van der Waals surface area contributed by atoms with Crippen LogP contribution in [0.2, 0.25) is 0 Å². The van der Waals surface area contributed by atoms with Crippen molar-refractivity contribution < 1.29 is 0 Å². The van der Waals surface area contributed by atoms with E-state index in [0.717, 1.165) is 17.9 Å². The molecular formula is C10H16N2S. The summed E-state index contributed by atoms with van der Waals surface area (Å²) in [7, 11) is 4.14. The van der Waals surface area contributed by atoms with Gasteiger partial charge in [0, 0.05) is 6.20 Å². The lowest BCUT2D eigenvalue weighted by molar-refractivity contribution is 0.288. The predicted octanol–water partition coefficient (Wildman–Crippen LogP) is 2.00. The third-order valence-electron chi connectivity index (χ3n) is 2.06. The molecule has 1 unspecified atom stereocenters. The van der Waals surface area contributed by atoms with Crippen LogP contribution in [-0.2, 0) is 0 Å². The van der Waals surface area contributed by atoms with Gasteiger partial charge in [0.2, 0.25) is 0 Å². The number of aromatic nitrogens is 1. The van der Waals surface area contributed by atoms with Gasteiger partial charge in [-0.2, -0.15) is 12.6 Å². The molecule has 0 aromatic carbocycles. The van der Waals surface area contributed by atoms with E-state index >= 15 is 0 Å². The lowest BCUT2D eigenvalue weighted by Crippen LogP contribution is -2.21. The van der Waals surface area contributed by atoms with Crippen LogP contribution >= 0.6 is 12.6 Å². The maximum Gasteiger partial charge on any atom is 0.0575 e. The Morgan fingerprint density at radius 1 is 1.46 bits per heavy atom. The first-order chi connectivity index (χ1) is 6.25. The average molecular weight is 196 g/mol. The third-order valence-corrected chi connectivity index (χ3v) is 2.31. The molecule has 2 nitrogen and oxygen atoms in total. The van der Waals surface area contributed by atoms with Crippen molar-refractivity contribution in [3.8, 4) is 0 Å². The number of thiol groups is 1. The van der Waals surface area contributed by atoms with E-state index in [9.17, 15) is 0 Å². The van der Waals surface area contributed by atoms with Gasteiger partial charge >= 0.3 is 0 Å². The van der Waals surface area contributed by atoms with Crippen molar-refractivity contribution >= 4 is 12.6 Å². The molecule has 0 N–H and O–H groups in total. The van der Waals surface area contributed by atoms with Crippen molar-refractivity contribution in [2.45, 2.75) is 12.5 Å². The average Bonchev–Trinajstić information content (AvgIpc) is 2.15. The highest BCUT2D eigenvalue weighted by Gasteiger charge is 2.13. The molecule has 0 bridgehead atoms. The molecule has 0 aliphatic carbocycles. The summed E-state index contributed by atoms with van der Waals surface area (Å²) in [6.07, 6.45) is 2.87. The van der Waals surface area contributed by atoms with E-state index in [4.69, 9.17) is 0 Å². The Hall–Kier alpha value is -0.540. The first-order valence-corrected chi connectivity index (χ1v) is 5.07. The second-order valence-electron chi connectivity index (χ2n) is 3.25. The maximum atomic E-state index is 4.34. The molecule has 0 aliphatic rings. The van der Waals surface area contributed by atoms with Crippen LogP contribution in [0, 0.1) is 0 Å². The summed E-state index contributed by atoms with van der Waals surface area (Å²) in [4.78, 5) is 6.52. The molecule has 1 heterocycles. The van der Waals surface area contributed by atoms with E-state index in [1.54, 1.807) is 0 Å². The van der Waals surface area contributed by atoms with Crippen LogP contribution in [0.4, 0.5) is 0 Å². The van der Waals surface area contributed by atoms with Crippen molar-refractivity contribution in [1.82, 2.24) is 9.88 Å². The van der Waals surface area contributed by atoms with Gasteiger partial charge in [-0.1, -0.05) is 6.07 Å². The molecule has 0 aliphatic heterocycles. The van der Waals surface area contributed by atoms with Gasteiger partial charge in [-0.05, 0) is 38.4 Å². The second-order valence-corrected chi connectivity index (χ2v) is 3.69. The van der Waals surface area contributed by atoms with Crippen molar-refractivity contribution in [2.24, 2.45) is 0 Å². The number of hydrogen-bond donors (Lipinski definition) is 1. The van der Waals surface area contributed by atoms with Crippen LogP contribution in [0.5, 0.6) is 0 Å². The van der Waals surface area contributed by atoms with Gasteiger partial charge in [-0.15, -0.1) is 0 Å². The molecule has 13 heavy (non-hydrogen) atoms. The Kier molecular flexibility index (Phi) is 4.25. The largest absolute Gasteiger partial charge is 0.301 e. The van der Waals surface area contributed by atoms with Crippen LogP contribution in [0.1, 0.15) is 18.2 Å². The SMILES string of the molecule is CN(C)C(CCS)c1ccccn1. The minimum atomic E-state index is 0.388. The van der Waals surface area contributed by atoms with E-state index < -0.39 is 0 Å². The fourth-order valence-corrected chi connectivity index (χ4v) is 1.61. The molecule has 3 heteroatoms. The molecule has 0 radical (unpaired) electrons. The second kappa shape index (κ2) is 5.25. The fourth-order valence-electron chi connectivity index (χ4n) is 1.37. The Morgan fingerprint density at radius 2 is 2.23 bits per heavy atom. The maximum absolute atomic E-state index is 4.34. The van der Waals surface area contributed by atoms with Crippen molar-refractivity contribution in [3.05, 3.63) is 30.1 Å². The van der Waals surface area contributed by atoms with Crippen molar-refractivity contribution in [2.75, 3.05) is 19.8 Å². The van der Waals surface area contributed by atoms with E-state index in [1.807, 2.05) is 18.3 Å². The minimum Gasteiger partial charge on any atom is -0.301 e. The first kappa shape index (κ1) is 10.5. The minimum absolute atomic E-state index is 0.388. The molecule has 0 saturated carbocycles. The van der Waals surface area contributed by atoms with Gasteiger partial charge in [0.15, 0.2) is 0 Å². The normalized spacial score (nSPS) is 13.2. The number of hydrogen-bond acceptors (Lipinski definition) is 3. The van der Waals surface area contributed by atoms with E-state index in [2.05, 4.69) is 42.7 Å². The fraction of sp³-hybridized carbons (Fsp3) is 0.500. The first-order valence-electron chi connectivity index (χ1n) is 4.44. The zero-order chi connectivity index (χ0) is 9.68. The Bertz CT molecular complexity index is 236. The van der Waals surface area contributed by atoms with Crippen molar-refractivity contribution in [1.29, 1.82) is 0 Å². The summed E-state index contributed by atoms with van der Waals surface area (Å²) < 4.78 is 0. The summed E-state index contributed by atoms with van der Waals surface area (Å²) in [5.41, 5.74) is 1.13. The Balaban J connectivity index is 2.76. The highest BCUT2D eigenvalue weighted by atomic mass is 32.1. The van der Waals surface area contributed by atoms with Gasteiger partial charge in [0.25, 0.3) is 0 Å². The lowest BCUT2D eigenvalue weighted by Gasteiger charge is -2.22. The molecule has 0 spiro atoms. The summed E-state index contributed by atoms with van der Waals surface area (Å²) in [6.45, 7) is 0. The van der Waals surface area contributed by atoms with Gasteiger partial charge in [0.1, 0.15) is 0 Å². The standard InChI is InChI=1S/C10H16N2S/c1-12(2)10(6-8-13)9-5-3-4-7-11-9/h3-5,7,10,13H,6,8H2,1-2H3. The van der Waals surface area contributed by atoms with Crippen molar-refractivity contribution in [3.63, 3.8) is 0 Å². The van der Waals surface area contributed by atoms with Crippen LogP contribution in [0.3, 0.4) is 0 Å². The van der Waals surface area contributed by atoms with Crippen LogP contribution in [-0.4, -0.2) is 29.7 Å². The molecule has 0 amide bonds. The van der Waals surface area contributed by atoms with Gasteiger partial charge in [-0.3, -0.25) is 4.98 Å². The van der Waals surface area contributed by atoms with Crippen LogP contribution < -0.4 is 0 Å². The quantitative estimate of drug-likeness (QED) is 0.741. The molecule has 0 fully saturated rings. The molecular weight excluding hydrogens is 180 g/mol. The molecule has 1 aromatic rings. The number of pyridine rings is 1. The topological polar surface area (TPSA) is 16.1 Å². The summed E-state index contributed by atoms with van der Waals surface area (Å²) in [6, 6.07) is 6.42. The molecule has 1 aromatic heterocycles. The zero-order valence-corrected chi connectivity index (χ0v) is 9.04. The molecule has 0 saturated heterocycles. The van der Waals surface area contributed by atoms with E-state index in [1.165, 1.54) is 0 Å². The summed E-state index contributed by atoms with van der Waals surface area (Å²) >= 11 is 4.25. The van der Waals surface area contributed by atoms with Crippen LogP contribution in [0.15, 0.2) is 24.4 Å². The molecule has 72 valence electrons. The molecule has 1 atom stereocenters. The number of rotatable bonds is 4. The summed E-state index contributed by atoms with van der Waals surface area (Å²) in [5.74, 6) is 0.888.